The molecule has 0 aromatic carbocycles. The molecule has 0 aliphatic carbocycles. The minimum absolute atomic E-state index is 0.262. The molecule has 0 aliphatic rings. The van der Waals surface area contributed by atoms with E-state index in [1.165, 1.54) is 6.20 Å². The van der Waals surface area contributed by atoms with Crippen LogP contribution in [-0.4, -0.2) is 32.7 Å². The second kappa shape index (κ2) is 3.74. The van der Waals surface area contributed by atoms with Crippen LogP contribution in [0, 0.1) is 0 Å². The highest BCUT2D eigenvalue weighted by atomic mass is 35.5. The summed E-state index contributed by atoms with van der Waals surface area (Å²) in [6.07, 6.45) is 1.36. The number of rotatable bonds is 3. The number of nitrogens with zero attached hydrogens (tertiary/aromatic N) is 2. The molecular weight excluding hydrogens is 192 g/mol. The van der Waals surface area contributed by atoms with Gasteiger partial charge in [0.15, 0.2) is 5.69 Å². The number of hydrogen-bond donors (Lipinski definition) is 2. The summed E-state index contributed by atoms with van der Waals surface area (Å²) < 4.78 is 0. The lowest BCUT2D eigenvalue weighted by atomic mass is 10.1. The van der Waals surface area contributed by atoms with Crippen molar-refractivity contribution in [1.82, 2.24) is 20.7 Å². The number of alkyl halides is 1. The lowest BCUT2D eigenvalue weighted by Gasteiger charge is -2.22. The van der Waals surface area contributed by atoms with Gasteiger partial charge in [-0.3, -0.25) is 4.79 Å². The van der Waals surface area contributed by atoms with E-state index in [4.69, 9.17) is 11.6 Å². The molecule has 1 amide bonds. The molecule has 0 aliphatic heterocycles. The monoisotopic (exact) mass is 202 g/mol. The molecule has 0 spiro atoms. The molecule has 2 N–H and O–H groups in total. The maximum atomic E-state index is 11.4. The van der Waals surface area contributed by atoms with Crippen LogP contribution in [0.3, 0.4) is 0 Å². The summed E-state index contributed by atoms with van der Waals surface area (Å²) in [6, 6.07) is 0. The molecule has 0 radical (unpaired) electrons. The van der Waals surface area contributed by atoms with Gasteiger partial charge < -0.3 is 5.32 Å². The average molecular weight is 203 g/mol. The fourth-order valence-electron chi connectivity index (χ4n) is 0.716. The van der Waals surface area contributed by atoms with Gasteiger partial charge in [0.05, 0.1) is 6.20 Å². The normalized spacial score (nSPS) is 11.3. The van der Waals surface area contributed by atoms with E-state index in [-0.39, 0.29) is 11.6 Å². The third-order valence-corrected chi connectivity index (χ3v) is 2.10. The largest absolute Gasteiger partial charge is 0.345 e. The van der Waals surface area contributed by atoms with E-state index >= 15 is 0 Å². The number of amides is 1. The van der Waals surface area contributed by atoms with Crippen LogP contribution in [0.2, 0.25) is 0 Å². The molecule has 0 bridgehead atoms. The van der Waals surface area contributed by atoms with Crippen LogP contribution >= 0.6 is 11.6 Å². The van der Waals surface area contributed by atoms with Crippen molar-refractivity contribution in [2.75, 3.05) is 5.88 Å². The minimum atomic E-state index is -0.433. The Bertz CT molecular complexity index is 283. The lowest BCUT2D eigenvalue weighted by Crippen LogP contribution is -2.45. The zero-order chi connectivity index (χ0) is 9.90. The van der Waals surface area contributed by atoms with E-state index in [1.807, 2.05) is 13.8 Å². The highest BCUT2D eigenvalue weighted by Crippen LogP contribution is 2.05. The zero-order valence-electron chi connectivity index (χ0n) is 7.47. The summed E-state index contributed by atoms with van der Waals surface area (Å²) in [5.74, 6) is 0.0655. The van der Waals surface area contributed by atoms with Crippen LogP contribution in [0.1, 0.15) is 24.3 Å². The Morgan fingerprint density at radius 2 is 2.46 bits per heavy atom. The Balaban J connectivity index is 2.61. The van der Waals surface area contributed by atoms with Gasteiger partial charge in [-0.2, -0.15) is 15.4 Å². The third kappa shape index (κ3) is 2.69. The van der Waals surface area contributed by atoms with Gasteiger partial charge in [0.1, 0.15) is 0 Å². The van der Waals surface area contributed by atoms with Crippen molar-refractivity contribution in [3.8, 4) is 0 Å². The summed E-state index contributed by atoms with van der Waals surface area (Å²) in [5.41, 5.74) is -0.171. The first-order valence-electron chi connectivity index (χ1n) is 3.79. The van der Waals surface area contributed by atoms with Gasteiger partial charge in [-0.25, -0.2) is 0 Å². The average Bonchev–Trinajstić information content (AvgIpc) is 2.55. The molecule has 0 saturated carbocycles. The lowest BCUT2D eigenvalue weighted by molar-refractivity contribution is 0.0915. The number of carbonyl (C=O) groups is 1. The van der Waals surface area contributed by atoms with Crippen molar-refractivity contribution < 1.29 is 4.79 Å². The predicted octanol–water partition coefficient (Wildman–Crippen LogP) is 0.552. The summed E-state index contributed by atoms with van der Waals surface area (Å²) in [6.45, 7) is 3.66. The van der Waals surface area contributed by atoms with Crippen molar-refractivity contribution in [3.05, 3.63) is 11.9 Å². The Labute approximate surface area is 80.9 Å². The van der Waals surface area contributed by atoms with Gasteiger partial charge in [-0.1, -0.05) is 0 Å². The second-order valence-corrected chi connectivity index (χ2v) is 3.59. The molecular formula is C7H11ClN4O. The van der Waals surface area contributed by atoms with Crippen molar-refractivity contribution in [2.24, 2.45) is 0 Å². The van der Waals surface area contributed by atoms with Crippen LogP contribution in [0.25, 0.3) is 0 Å². The molecule has 1 heterocycles. The van der Waals surface area contributed by atoms with Crippen LogP contribution < -0.4 is 5.32 Å². The Kier molecular flexibility index (Phi) is 2.87. The molecule has 1 rings (SSSR count). The SMILES string of the molecule is CC(C)(CCl)NC(=O)c1cn[nH]n1. The molecule has 0 fully saturated rings. The Hall–Kier alpha value is -1.10. The zero-order valence-corrected chi connectivity index (χ0v) is 8.22. The quantitative estimate of drug-likeness (QED) is 0.704. The molecule has 72 valence electrons. The number of nitrogens with one attached hydrogen (secondary N) is 2. The van der Waals surface area contributed by atoms with Crippen LogP contribution in [0.15, 0.2) is 6.20 Å². The molecule has 1 aromatic heterocycles. The highest BCUT2D eigenvalue weighted by molar-refractivity contribution is 6.18. The number of H-pyrrole nitrogens is 1. The maximum Gasteiger partial charge on any atom is 0.273 e. The van der Waals surface area contributed by atoms with Gasteiger partial charge in [0, 0.05) is 11.4 Å². The van der Waals surface area contributed by atoms with Crippen LogP contribution in [0.4, 0.5) is 0 Å². The molecule has 0 atom stereocenters. The summed E-state index contributed by atoms with van der Waals surface area (Å²) >= 11 is 5.64. The first-order valence-corrected chi connectivity index (χ1v) is 4.33. The van der Waals surface area contributed by atoms with E-state index in [1.54, 1.807) is 0 Å². The fourth-order valence-corrected chi connectivity index (χ4v) is 0.783. The van der Waals surface area contributed by atoms with Crippen LogP contribution in [0.5, 0.6) is 0 Å². The van der Waals surface area contributed by atoms with E-state index < -0.39 is 5.54 Å². The summed E-state index contributed by atoms with van der Waals surface area (Å²) in [7, 11) is 0. The molecule has 1 aromatic rings. The fraction of sp³-hybridized carbons (Fsp3) is 0.571. The predicted molar refractivity (Wildman–Crippen MR) is 48.6 cm³/mol. The number of carbonyl (C=O) groups excluding carboxylic acids is 1. The van der Waals surface area contributed by atoms with E-state index in [9.17, 15) is 4.79 Å². The first-order chi connectivity index (χ1) is 6.05. The standard InChI is InChI=1S/C7H11ClN4O/c1-7(2,4-8)10-6(13)5-3-9-12-11-5/h3H,4H2,1-2H3,(H,10,13)(H,9,11,12). The summed E-state index contributed by atoms with van der Waals surface area (Å²) in [5, 5.41) is 12.2. The molecule has 0 unspecified atom stereocenters. The molecule has 13 heavy (non-hydrogen) atoms. The molecule has 6 heteroatoms. The Morgan fingerprint density at radius 3 is 2.92 bits per heavy atom. The van der Waals surface area contributed by atoms with Crippen molar-refractivity contribution >= 4 is 17.5 Å². The van der Waals surface area contributed by atoms with Gasteiger partial charge in [0.25, 0.3) is 5.91 Å². The third-order valence-electron chi connectivity index (χ3n) is 1.43. The van der Waals surface area contributed by atoms with E-state index in [2.05, 4.69) is 20.7 Å². The van der Waals surface area contributed by atoms with Gasteiger partial charge in [0.2, 0.25) is 0 Å². The highest BCUT2D eigenvalue weighted by Gasteiger charge is 2.20. The maximum absolute atomic E-state index is 11.4. The number of aromatic amines is 1. The van der Waals surface area contributed by atoms with Crippen molar-refractivity contribution in [1.29, 1.82) is 0 Å². The Morgan fingerprint density at radius 1 is 1.77 bits per heavy atom. The smallest absolute Gasteiger partial charge is 0.273 e. The topological polar surface area (TPSA) is 70.7 Å². The number of aromatic nitrogens is 3. The first kappa shape index (κ1) is 9.98. The van der Waals surface area contributed by atoms with Gasteiger partial charge in [-0.05, 0) is 13.8 Å². The number of hydrogen-bond acceptors (Lipinski definition) is 3. The van der Waals surface area contributed by atoms with E-state index in [0.29, 0.717) is 5.88 Å². The van der Waals surface area contributed by atoms with Crippen LogP contribution in [-0.2, 0) is 0 Å². The molecule has 5 nitrogen and oxygen atoms in total. The van der Waals surface area contributed by atoms with Gasteiger partial charge in [-0.15, -0.1) is 11.6 Å². The van der Waals surface area contributed by atoms with Gasteiger partial charge >= 0.3 is 0 Å². The van der Waals surface area contributed by atoms with Crippen molar-refractivity contribution in [3.63, 3.8) is 0 Å². The minimum Gasteiger partial charge on any atom is -0.345 e. The van der Waals surface area contributed by atoms with Crippen molar-refractivity contribution in [2.45, 2.75) is 19.4 Å². The second-order valence-electron chi connectivity index (χ2n) is 3.33. The van der Waals surface area contributed by atoms with E-state index in [0.717, 1.165) is 0 Å². The number of halogens is 1. The summed E-state index contributed by atoms with van der Waals surface area (Å²) in [4.78, 5) is 11.4. The molecule has 0 saturated heterocycles.